The maximum atomic E-state index is 13.0. The van der Waals surface area contributed by atoms with E-state index in [9.17, 15) is 14.7 Å². The topological polar surface area (TPSA) is 76.1 Å². The van der Waals surface area contributed by atoms with Crippen molar-refractivity contribution >= 4 is 33.4 Å². The first-order valence-electron chi connectivity index (χ1n) is 10.1. The van der Waals surface area contributed by atoms with Crippen molar-refractivity contribution in [3.63, 3.8) is 0 Å². The van der Waals surface area contributed by atoms with Gasteiger partial charge in [-0.2, -0.15) is 0 Å². The predicted molar refractivity (Wildman–Crippen MR) is 122 cm³/mol. The highest BCUT2D eigenvalue weighted by Crippen LogP contribution is 2.40. The second kappa shape index (κ2) is 10.1. The van der Waals surface area contributed by atoms with Crippen LogP contribution in [0.5, 0.6) is 5.75 Å². The fourth-order valence-electron chi connectivity index (χ4n) is 3.63. The number of carbonyl (C=O) groups excluding carboxylic acids is 2. The number of amides is 1. The quantitative estimate of drug-likeness (QED) is 0.253. The molecule has 1 heterocycles. The lowest BCUT2D eigenvalue weighted by molar-refractivity contribution is -0.140. The average molecular weight is 488 g/mol. The number of rotatable bonds is 8. The highest BCUT2D eigenvalue weighted by Gasteiger charge is 2.45. The van der Waals surface area contributed by atoms with Gasteiger partial charge in [-0.15, -0.1) is 0 Å². The van der Waals surface area contributed by atoms with Gasteiger partial charge in [-0.05, 0) is 62.2 Å². The molecule has 3 rings (SSSR count). The monoisotopic (exact) mass is 487 g/mol. The molecule has 0 aliphatic carbocycles. The predicted octanol–water partition coefficient (Wildman–Crippen LogP) is 4.69. The van der Waals surface area contributed by atoms with Gasteiger partial charge in [0.15, 0.2) is 0 Å². The van der Waals surface area contributed by atoms with Crippen molar-refractivity contribution in [1.29, 1.82) is 0 Å². The summed E-state index contributed by atoms with van der Waals surface area (Å²) in [5.41, 5.74) is 1.27. The SMILES string of the molecule is COCCCN1C(=O)C(=O)/C(=C(/O)c2ccc(OC(C)C)cc2)[C@H]1c1cccc(Br)c1. The molecule has 1 aliphatic heterocycles. The van der Waals surface area contributed by atoms with E-state index in [0.717, 1.165) is 10.0 Å². The van der Waals surface area contributed by atoms with Crippen LogP contribution in [0.1, 0.15) is 37.4 Å². The first kappa shape index (κ1) is 23.0. The van der Waals surface area contributed by atoms with Gasteiger partial charge in [0.2, 0.25) is 0 Å². The third kappa shape index (κ3) is 5.17. The van der Waals surface area contributed by atoms with Gasteiger partial charge in [-0.1, -0.05) is 28.1 Å². The lowest BCUT2D eigenvalue weighted by atomic mass is 9.95. The van der Waals surface area contributed by atoms with E-state index in [4.69, 9.17) is 9.47 Å². The number of aliphatic hydroxyl groups excluding tert-OH is 1. The maximum absolute atomic E-state index is 13.0. The Hall–Kier alpha value is -2.64. The third-order valence-electron chi connectivity index (χ3n) is 4.95. The average Bonchev–Trinajstić information content (AvgIpc) is 2.98. The molecule has 0 saturated carbocycles. The van der Waals surface area contributed by atoms with Crippen LogP contribution in [-0.4, -0.2) is 48.1 Å². The number of ether oxygens (including phenoxy) is 2. The molecule has 0 bridgehead atoms. The molecule has 1 N–H and O–H groups in total. The maximum Gasteiger partial charge on any atom is 0.295 e. The van der Waals surface area contributed by atoms with Crippen LogP contribution < -0.4 is 4.74 Å². The number of benzene rings is 2. The van der Waals surface area contributed by atoms with Crippen molar-refractivity contribution in [2.24, 2.45) is 0 Å². The molecule has 0 radical (unpaired) electrons. The van der Waals surface area contributed by atoms with E-state index in [1.165, 1.54) is 4.90 Å². The van der Waals surface area contributed by atoms with Crippen LogP contribution in [0.4, 0.5) is 0 Å². The smallest absolute Gasteiger partial charge is 0.295 e. The van der Waals surface area contributed by atoms with E-state index in [-0.39, 0.29) is 17.4 Å². The summed E-state index contributed by atoms with van der Waals surface area (Å²) in [6, 6.07) is 13.6. The van der Waals surface area contributed by atoms with Crippen molar-refractivity contribution in [1.82, 2.24) is 4.90 Å². The zero-order chi connectivity index (χ0) is 22.5. The molecule has 1 atom stereocenters. The lowest BCUT2D eigenvalue weighted by Gasteiger charge is -2.25. The van der Waals surface area contributed by atoms with Crippen LogP contribution in [0.25, 0.3) is 5.76 Å². The molecule has 31 heavy (non-hydrogen) atoms. The van der Waals surface area contributed by atoms with Crippen LogP contribution in [0.15, 0.2) is 58.6 Å². The second-order valence-electron chi connectivity index (χ2n) is 7.58. The van der Waals surface area contributed by atoms with Crippen molar-refractivity contribution in [2.45, 2.75) is 32.4 Å². The van der Waals surface area contributed by atoms with Crippen molar-refractivity contribution < 1.29 is 24.2 Å². The Bertz CT molecular complexity index is 984. The van der Waals surface area contributed by atoms with E-state index in [1.54, 1.807) is 31.4 Å². The second-order valence-corrected chi connectivity index (χ2v) is 8.50. The van der Waals surface area contributed by atoms with Gasteiger partial charge in [-0.3, -0.25) is 9.59 Å². The number of ketones is 1. The summed E-state index contributed by atoms with van der Waals surface area (Å²) in [4.78, 5) is 27.3. The van der Waals surface area contributed by atoms with Gasteiger partial charge < -0.3 is 19.5 Å². The Balaban J connectivity index is 2.06. The van der Waals surface area contributed by atoms with Crippen LogP contribution in [0.3, 0.4) is 0 Å². The molecule has 0 aromatic heterocycles. The molecule has 7 heteroatoms. The highest BCUT2D eigenvalue weighted by atomic mass is 79.9. The minimum atomic E-state index is -0.692. The number of methoxy groups -OCH3 is 1. The van der Waals surface area contributed by atoms with Gasteiger partial charge in [0.25, 0.3) is 11.7 Å². The summed E-state index contributed by atoms with van der Waals surface area (Å²) in [5, 5.41) is 11.1. The van der Waals surface area contributed by atoms with Gasteiger partial charge in [0.05, 0.1) is 17.7 Å². The molecular weight excluding hydrogens is 462 g/mol. The minimum absolute atomic E-state index is 0.0217. The van der Waals surface area contributed by atoms with Crippen molar-refractivity contribution in [3.05, 3.63) is 69.7 Å². The number of aliphatic hydroxyl groups is 1. The van der Waals surface area contributed by atoms with Crippen LogP contribution in [-0.2, 0) is 14.3 Å². The van der Waals surface area contributed by atoms with Crippen molar-refractivity contribution in [3.8, 4) is 5.75 Å². The fourth-order valence-corrected chi connectivity index (χ4v) is 4.05. The summed E-state index contributed by atoms with van der Waals surface area (Å²) in [6.45, 7) is 4.66. The Morgan fingerprint density at radius 1 is 1.16 bits per heavy atom. The van der Waals surface area contributed by atoms with Crippen LogP contribution in [0.2, 0.25) is 0 Å². The number of nitrogens with zero attached hydrogens (tertiary/aromatic N) is 1. The molecule has 0 spiro atoms. The molecule has 6 nitrogen and oxygen atoms in total. The third-order valence-corrected chi connectivity index (χ3v) is 5.44. The van der Waals surface area contributed by atoms with E-state index < -0.39 is 17.7 Å². The molecule has 2 aromatic carbocycles. The Kier molecular flexibility index (Phi) is 7.51. The summed E-state index contributed by atoms with van der Waals surface area (Å²) in [7, 11) is 1.59. The van der Waals surface area contributed by atoms with E-state index >= 15 is 0 Å². The van der Waals surface area contributed by atoms with E-state index in [0.29, 0.717) is 30.9 Å². The minimum Gasteiger partial charge on any atom is -0.507 e. The molecule has 1 saturated heterocycles. The van der Waals surface area contributed by atoms with Crippen LogP contribution >= 0.6 is 15.9 Å². The van der Waals surface area contributed by atoms with Gasteiger partial charge in [0.1, 0.15) is 11.5 Å². The summed E-state index contributed by atoms with van der Waals surface area (Å²) >= 11 is 3.45. The Morgan fingerprint density at radius 2 is 1.87 bits per heavy atom. The van der Waals surface area contributed by atoms with E-state index in [2.05, 4.69) is 15.9 Å². The number of halogens is 1. The number of Topliss-reactive ketones (excluding diaryl/α,β-unsaturated/α-hetero) is 1. The zero-order valence-electron chi connectivity index (χ0n) is 17.8. The van der Waals surface area contributed by atoms with Crippen LogP contribution in [0, 0.1) is 0 Å². The number of hydrogen-bond acceptors (Lipinski definition) is 5. The molecule has 1 fully saturated rings. The number of hydrogen-bond donors (Lipinski definition) is 1. The summed E-state index contributed by atoms with van der Waals surface area (Å²) in [5.74, 6) is -0.853. The standard InChI is InChI=1S/C24H26BrNO5/c1-15(2)31-19-10-8-16(9-11-19)22(27)20-21(17-6-4-7-18(25)14-17)26(12-5-13-30-3)24(29)23(20)28/h4,6-11,14-15,21,27H,5,12-13H2,1-3H3/b22-20+/t21-/m1/s1. The lowest BCUT2D eigenvalue weighted by Crippen LogP contribution is -2.31. The molecular formula is C24H26BrNO5. The normalized spacial score (nSPS) is 18.1. The Labute approximate surface area is 190 Å². The van der Waals surface area contributed by atoms with Gasteiger partial charge in [-0.25, -0.2) is 0 Å². The summed E-state index contributed by atoms with van der Waals surface area (Å²) < 4.78 is 11.6. The molecule has 0 unspecified atom stereocenters. The van der Waals surface area contributed by atoms with Gasteiger partial charge in [0, 0.05) is 30.3 Å². The Morgan fingerprint density at radius 3 is 2.48 bits per heavy atom. The zero-order valence-corrected chi connectivity index (χ0v) is 19.4. The first-order chi connectivity index (χ1) is 14.8. The summed E-state index contributed by atoms with van der Waals surface area (Å²) in [6.07, 6.45) is 0.600. The number of likely N-dealkylation sites (tertiary alicyclic amines) is 1. The van der Waals surface area contributed by atoms with E-state index in [1.807, 2.05) is 38.1 Å². The molecule has 2 aromatic rings. The van der Waals surface area contributed by atoms with Gasteiger partial charge >= 0.3 is 0 Å². The molecule has 1 aliphatic rings. The molecule has 164 valence electrons. The van der Waals surface area contributed by atoms with Crippen molar-refractivity contribution in [2.75, 3.05) is 20.3 Å². The first-order valence-corrected chi connectivity index (χ1v) is 10.9. The number of carbonyl (C=O) groups is 2. The molecule has 1 amide bonds. The highest BCUT2D eigenvalue weighted by molar-refractivity contribution is 9.10. The largest absolute Gasteiger partial charge is 0.507 e. The fraction of sp³-hybridized carbons (Fsp3) is 0.333.